The molecule has 15 heavy (non-hydrogen) atoms. The van der Waals surface area contributed by atoms with Gasteiger partial charge in [-0.05, 0) is 0 Å². The summed E-state index contributed by atoms with van der Waals surface area (Å²) in [5.41, 5.74) is 0. The average molecular weight is 210 g/mol. The zero-order chi connectivity index (χ0) is 10.7. The molecule has 5 heteroatoms. The number of rotatable bonds is 3. The number of hydrogen-bond acceptors (Lipinski definition) is 4. The summed E-state index contributed by atoms with van der Waals surface area (Å²) in [6, 6.07) is 0. The SMILES string of the molecule is Cn1ccnc1N1CCN(CCO)CC1. The van der Waals surface area contributed by atoms with Crippen LogP contribution in [-0.4, -0.2) is 58.9 Å². The third-order valence-electron chi connectivity index (χ3n) is 2.87. The van der Waals surface area contributed by atoms with E-state index in [1.807, 2.05) is 24.0 Å². The van der Waals surface area contributed by atoms with Crippen LogP contribution in [0, 0.1) is 0 Å². The minimum atomic E-state index is 0.252. The molecule has 0 amide bonds. The predicted octanol–water partition coefficient (Wildman–Crippen LogP) is -0.466. The molecule has 1 aliphatic heterocycles. The number of aryl methyl sites for hydroxylation is 1. The van der Waals surface area contributed by atoms with Crippen LogP contribution in [0.2, 0.25) is 0 Å². The number of β-amino-alcohol motifs (C(OH)–C–C–N with tert-alkyl or cyclic N) is 1. The van der Waals surface area contributed by atoms with Crippen LogP contribution in [-0.2, 0) is 7.05 Å². The predicted molar refractivity (Wildman–Crippen MR) is 58.9 cm³/mol. The summed E-state index contributed by atoms with van der Waals surface area (Å²) >= 11 is 0. The van der Waals surface area contributed by atoms with Gasteiger partial charge in [0.15, 0.2) is 0 Å². The summed E-state index contributed by atoms with van der Waals surface area (Å²) in [4.78, 5) is 8.89. The molecule has 0 bridgehead atoms. The first-order valence-electron chi connectivity index (χ1n) is 5.37. The second kappa shape index (κ2) is 4.63. The first-order chi connectivity index (χ1) is 7.31. The van der Waals surface area contributed by atoms with Crippen LogP contribution < -0.4 is 4.90 Å². The van der Waals surface area contributed by atoms with Crippen LogP contribution in [0.1, 0.15) is 0 Å². The molecule has 0 spiro atoms. The molecule has 0 unspecified atom stereocenters. The molecular formula is C10H18N4O. The maximum absolute atomic E-state index is 8.84. The number of aromatic nitrogens is 2. The summed E-state index contributed by atoms with van der Waals surface area (Å²) in [6.45, 7) is 5.04. The van der Waals surface area contributed by atoms with Crippen LogP contribution in [0.15, 0.2) is 12.4 Å². The van der Waals surface area contributed by atoms with E-state index >= 15 is 0 Å². The Hall–Kier alpha value is -1.07. The van der Waals surface area contributed by atoms with Gasteiger partial charge in [0.2, 0.25) is 5.95 Å². The molecule has 1 aromatic heterocycles. The summed E-state index contributed by atoms with van der Waals surface area (Å²) in [6.07, 6.45) is 3.80. The minimum absolute atomic E-state index is 0.252. The van der Waals surface area contributed by atoms with Crippen molar-refractivity contribution >= 4 is 5.95 Å². The van der Waals surface area contributed by atoms with Crippen molar-refractivity contribution in [1.29, 1.82) is 0 Å². The maximum Gasteiger partial charge on any atom is 0.205 e. The van der Waals surface area contributed by atoms with E-state index in [1.54, 1.807) is 0 Å². The highest BCUT2D eigenvalue weighted by Crippen LogP contribution is 2.12. The van der Waals surface area contributed by atoms with Gasteiger partial charge in [-0.2, -0.15) is 0 Å². The average Bonchev–Trinajstić information content (AvgIpc) is 2.66. The Kier molecular flexibility index (Phi) is 3.23. The standard InChI is InChI=1S/C10H18N4O/c1-12-3-2-11-10(12)14-6-4-13(5-7-14)8-9-15/h2-3,15H,4-9H2,1H3. The van der Waals surface area contributed by atoms with Gasteiger partial charge in [0.05, 0.1) is 6.61 Å². The third kappa shape index (κ3) is 2.30. The van der Waals surface area contributed by atoms with Crippen molar-refractivity contribution in [3.05, 3.63) is 12.4 Å². The van der Waals surface area contributed by atoms with Crippen molar-refractivity contribution in [2.75, 3.05) is 44.2 Å². The summed E-state index contributed by atoms with van der Waals surface area (Å²) in [5, 5.41) is 8.84. The number of hydrogen-bond donors (Lipinski definition) is 1. The molecule has 0 aliphatic carbocycles. The Bertz CT molecular complexity index is 304. The lowest BCUT2D eigenvalue weighted by molar-refractivity contribution is 0.188. The molecule has 0 atom stereocenters. The van der Waals surface area contributed by atoms with Crippen molar-refractivity contribution in [3.8, 4) is 0 Å². The Labute approximate surface area is 89.9 Å². The van der Waals surface area contributed by atoms with Gasteiger partial charge in [-0.25, -0.2) is 4.98 Å². The molecule has 1 aromatic rings. The van der Waals surface area contributed by atoms with Gasteiger partial charge < -0.3 is 14.6 Å². The number of piperazine rings is 1. The number of aliphatic hydroxyl groups is 1. The Morgan fingerprint density at radius 3 is 2.60 bits per heavy atom. The first kappa shape index (κ1) is 10.4. The van der Waals surface area contributed by atoms with E-state index in [2.05, 4.69) is 14.8 Å². The Balaban J connectivity index is 1.91. The molecule has 0 saturated carbocycles. The van der Waals surface area contributed by atoms with E-state index in [0.29, 0.717) is 0 Å². The van der Waals surface area contributed by atoms with E-state index in [-0.39, 0.29) is 6.61 Å². The molecule has 1 fully saturated rings. The molecular weight excluding hydrogens is 192 g/mol. The smallest absolute Gasteiger partial charge is 0.205 e. The van der Waals surface area contributed by atoms with Crippen molar-refractivity contribution in [2.45, 2.75) is 0 Å². The van der Waals surface area contributed by atoms with Crippen LogP contribution in [0.4, 0.5) is 5.95 Å². The van der Waals surface area contributed by atoms with E-state index in [4.69, 9.17) is 5.11 Å². The van der Waals surface area contributed by atoms with Crippen molar-refractivity contribution in [3.63, 3.8) is 0 Å². The minimum Gasteiger partial charge on any atom is -0.395 e. The first-order valence-corrected chi connectivity index (χ1v) is 5.37. The van der Waals surface area contributed by atoms with Gasteiger partial charge in [-0.3, -0.25) is 4.90 Å². The molecule has 1 aliphatic rings. The molecule has 2 rings (SSSR count). The molecule has 84 valence electrons. The fraction of sp³-hybridized carbons (Fsp3) is 0.700. The molecule has 2 heterocycles. The van der Waals surface area contributed by atoms with Gasteiger partial charge >= 0.3 is 0 Å². The highest BCUT2D eigenvalue weighted by molar-refractivity contribution is 5.31. The van der Waals surface area contributed by atoms with Gasteiger partial charge in [-0.1, -0.05) is 0 Å². The third-order valence-corrected chi connectivity index (χ3v) is 2.87. The van der Waals surface area contributed by atoms with Gasteiger partial charge in [0.1, 0.15) is 0 Å². The number of aliphatic hydroxyl groups excluding tert-OH is 1. The monoisotopic (exact) mass is 210 g/mol. The van der Waals surface area contributed by atoms with Crippen LogP contribution in [0.5, 0.6) is 0 Å². The van der Waals surface area contributed by atoms with Crippen molar-refractivity contribution in [2.24, 2.45) is 7.05 Å². The molecule has 0 radical (unpaired) electrons. The Morgan fingerprint density at radius 1 is 1.33 bits per heavy atom. The van der Waals surface area contributed by atoms with Crippen molar-refractivity contribution in [1.82, 2.24) is 14.5 Å². The highest BCUT2D eigenvalue weighted by atomic mass is 16.3. The summed E-state index contributed by atoms with van der Waals surface area (Å²) in [5.74, 6) is 1.04. The summed E-state index contributed by atoms with van der Waals surface area (Å²) in [7, 11) is 2.02. The van der Waals surface area contributed by atoms with Gasteiger partial charge in [-0.15, -0.1) is 0 Å². The normalized spacial score (nSPS) is 18.4. The summed E-state index contributed by atoms with van der Waals surface area (Å²) < 4.78 is 2.04. The fourth-order valence-corrected chi connectivity index (χ4v) is 1.98. The second-order valence-corrected chi connectivity index (χ2v) is 3.89. The molecule has 1 saturated heterocycles. The van der Waals surface area contributed by atoms with E-state index in [0.717, 1.165) is 38.7 Å². The molecule has 5 nitrogen and oxygen atoms in total. The highest BCUT2D eigenvalue weighted by Gasteiger charge is 2.18. The van der Waals surface area contributed by atoms with E-state index < -0.39 is 0 Å². The quantitative estimate of drug-likeness (QED) is 0.733. The molecule has 0 aromatic carbocycles. The zero-order valence-electron chi connectivity index (χ0n) is 9.13. The lowest BCUT2D eigenvalue weighted by Crippen LogP contribution is -2.47. The maximum atomic E-state index is 8.84. The lowest BCUT2D eigenvalue weighted by atomic mass is 10.3. The molecule has 1 N–H and O–H groups in total. The Morgan fingerprint density at radius 2 is 2.07 bits per heavy atom. The second-order valence-electron chi connectivity index (χ2n) is 3.89. The largest absolute Gasteiger partial charge is 0.395 e. The lowest BCUT2D eigenvalue weighted by Gasteiger charge is -2.34. The van der Waals surface area contributed by atoms with E-state index in [1.165, 1.54) is 0 Å². The van der Waals surface area contributed by atoms with Crippen LogP contribution >= 0.6 is 0 Å². The fourth-order valence-electron chi connectivity index (χ4n) is 1.98. The topological polar surface area (TPSA) is 44.5 Å². The number of imidazole rings is 1. The number of nitrogens with zero attached hydrogens (tertiary/aromatic N) is 4. The van der Waals surface area contributed by atoms with Crippen LogP contribution in [0.25, 0.3) is 0 Å². The van der Waals surface area contributed by atoms with Gasteiger partial charge in [0.25, 0.3) is 0 Å². The van der Waals surface area contributed by atoms with Gasteiger partial charge in [0, 0.05) is 52.2 Å². The van der Waals surface area contributed by atoms with Crippen LogP contribution in [0.3, 0.4) is 0 Å². The number of anilines is 1. The van der Waals surface area contributed by atoms with E-state index in [9.17, 15) is 0 Å². The zero-order valence-corrected chi connectivity index (χ0v) is 9.13. The van der Waals surface area contributed by atoms with Crippen molar-refractivity contribution < 1.29 is 5.11 Å².